The van der Waals surface area contributed by atoms with Crippen LogP contribution in [-0.4, -0.2) is 29.1 Å². The van der Waals surface area contributed by atoms with Crippen LogP contribution in [-0.2, 0) is 10.2 Å². The lowest BCUT2D eigenvalue weighted by molar-refractivity contribution is -0.142. The molecule has 92 valence electrons. The van der Waals surface area contributed by atoms with Crippen molar-refractivity contribution in [2.75, 3.05) is 7.11 Å². The second-order valence-corrected chi connectivity index (χ2v) is 4.13. The summed E-state index contributed by atoms with van der Waals surface area (Å²) in [7, 11) is 1.35. The Labute approximate surface area is 96.2 Å². The second kappa shape index (κ2) is 3.38. The van der Waals surface area contributed by atoms with Gasteiger partial charge in [-0.1, -0.05) is 0 Å². The fourth-order valence-electron chi connectivity index (χ4n) is 1.95. The molecule has 17 heavy (non-hydrogen) atoms. The number of halogens is 2. The van der Waals surface area contributed by atoms with Crippen LogP contribution in [0.5, 0.6) is 5.88 Å². The van der Waals surface area contributed by atoms with E-state index in [-0.39, 0.29) is 11.4 Å². The van der Waals surface area contributed by atoms with Crippen molar-refractivity contribution >= 4 is 5.97 Å². The second-order valence-electron chi connectivity index (χ2n) is 4.13. The van der Waals surface area contributed by atoms with Gasteiger partial charge in [0.1, 0.15) is 0 Å². The molecule has 6 heteroatoms. The lowest BCUT2D eigenvalue weighted by atomic mass is 9.95. The number of aliphatic carboxylic acids is 1. The Morgan fingerprint density at radius 3 is 2.53 bits per heavy atom. The molecule has 1 aromatic rings. The van der Waals surface area contributed by atoms with Gasteiger partial charge in [0.25, 0.3) is 5.92 Å². The molecule has 1 aliphatic carbocycles. The quantitative estimate of drug-likeness (QED) is 0.878. The number of hydrogen-bond acceptors (Lipinski definition) is 3. The summed E-state index contributed by atoms with van der Waals surface area (Å²) in [5, 5.41) is 9.01. The molecule has 0 saturated heterocycles. The maximum absolute atomic E-state index is 13.3. The summed E-state index contributed by atoms with van der Waals surface area (Å²) in [5.74, 6) is -4.59. The SMILES string of the molecule is COc1cc(C2(C(=O)O)CC2(F)F)cc(C)n1. The van der Waals surface area contributed by atoms with E-state index in [0.29, 0.717) is 5.69 Å². The summed E-state index contributed by atoms with van der Waals surface area (Å²) in [5.41, 5.74) is -1.63. The van der Waals surface area contributed by atoms with Crippen LogP contribution in [0.25, 0.3) is 0 Å². The third-order valence-corrected chi connectivity index (χ3v) is 2.98. The Balaban J connectivity index is 2.53. The first-order valence-electron chi connectivity index (χ1n) is 4.98. The zero-order valence-electron chi connectivity index (χ0n) is 9.33. The Morgan fingerprint density at radius 1 is 1.53 bits per heavy atom. The van der Waals surface area contributed by atoms with Gasteiger partial charge in [-0.2, -0.15) is 0 Å². The summed E-state index contributed by atoms with van der Waals surface area (Å²) in [4.78, 5) is 15.0. The fourth-order valence-corrected chi connectivity index (χ4v) is 1.95. The smallest absolute Gasteiger partial charge is 0.320 e. The number of carboxylic acids is 1. The van der Waals surface area contributed by atoms with E-state index >= 15 is 0 Å². The average molecular weight is 243 g/mol. The molecule has 0 amide bonds. The molecule has 2 rings (SSSR count). The van der Waals surface area contributed by atoms with Gasteiger partial charge in [-0.15, -0.1) is 0 Å². The van der Waals surface area contributed by atoms with Crippen LogP contribution in [0.15, 0.2) is 12.1 Å². The zero-order chi connectivity index (χ0) is 12.8. The highest BCUT2D eigenvalue weighted by molar-refractivity contribution is 5.87. The highest BCUT2D eigenvalue weighted by atomic mass is 19.3. The van der Waals surface area contributed by atoms with Crippen LogP contribution in [0.3, 0.4) is 0 Å². The molecule has 0 aliphatic heterocycles. The van der Waals surface area contributed by atoms with E-state index in [1.54, 1.807) is 6.92 Å². The van der Waals surface area contributed by atoms with E-state index in [4.69, 9.17) is 9.84 Å². The molecule has 1 N–H and O–H groups in total. The standard InChI is InChI=1S/C11H11F2NO3/c1-6-3-7(4-8(14-6)17-2)10(9(15)16)5-11(10,12)13/h3-4H,5H2,1-2H3,(H,15,16). The average Bonchev–Trinajstić information content (AvgIpc) is 2.82. The minimum Gasteiger partial charge on any atom is -0.481 e. The summed E-state index contributed by atoms with van der Waals surface area (Å²) in [6, 6.07) is 2.61. The number of aromatic nitrogens is 1. The molecule has 0 radical (unpaired) electrons. The van der Waals surface area contributed by atoms with Crippen molar-refractivity contribution in [3.63, 3.8) is 0 Å². The largest absolute Gasteiger partial charge is 0.481 e. The highest BCUT2D eigenvalue weighted by Gasteiger charge is 2.77. The van der Waals surface area contributed by atoms with Gasteiger partial charge in [-0.25, -0.2) is 13.8 Å². The van der Waals surface area contributed by atoms with Crippen LogP contribution in [0.4, 0.5) is 8.78 Å². The maximum atomic E-state index is 13.3. The van der Waals surface area contributed by atoms with E-state index in [1.165, 1.54) is 19.2 Å². The number of methoxy groups -OCH3 is 1. The molecule has 1 saturated carbocycles. The Bertz CT molecular complexity index is 490. The minimum atomic E-state index is -3.21. The number of alkyl halides is 2. The Hall–Kier alpha value is -1.72. The summed E-state index contributed by atoms with van der Waals surface area (Å²) < 4.78 is 31.5. The minimum absolute atomic E-state index is 0.0411. The normalized spacial score (nSPS) is 25.4. The van der Waals surface area contributed by atoms with Crippen molar-refractivity contribution in [3.8, 4) is 5.88 Å². The molecule has 1 atom stereocenters. The maximum Gasteiger partial charge on any atom is 0.320 e. The van der Waals surface area contributed by atoms with Crippen molar-refractivity contribution in [1.29, 1.82) is 0 Å². The molecule has 0 aromatic carbocycles. The third-order valence-electron chi connectivity index (χ3n) is 2.98. The van der Waals surface area contributed by atoms with Crippen LogP contribution >= 0.6 is 0 Å². The molecule has 4 nitrogen and oxygen atoms in total. The van der Waals surface area contributed by atoms with Gasteiger partial charge in [0.05, 0.1) is 7.11 Å². The van der Waals surface area contributed by atoms with Crippen LogP contribution in [0.2, 0.25) is 0 Å². The lowest BCUT2D eigenvalue weighted by Gasteiger charge is -2.13. The van der Waals surface area contributed by atoms with Crippen LogP contribution < -0.4 is 4.74 Å². The number of carboxylic acid groups (broad SMARTS) is 1. The fraction of sp³-hybridized carbons (Fsp3) is 0.455. The van der Waals surface area contributed by atoms with Gasteiger partial charge in [0.2, 0.25) is 5.88 Å². The number of ether oxygens (including phenoxy) is 1. The predicted octanol–water partition coefficient (Wildman–Crippen LogP) is 1.76. The monoisotopic (exact) mass is 243 g/mol. The van der Waals surface area contributed by atoms with Gasteiger partial charge in [-0.05, 0) is 18.6 Å². The van der Waals surface area contributed by atoms with Crippen molar-refractivity contribution in [2.45, 2.75) is 24.7 Å². The number of carbonyl (C=O) groups is 1. The van der Waals surface area contributed by atoms with Gasteiger partial charge < -0.3 is 9.84 Å². The topological polar surface area (TPSA) is 59.4 Å². The molecule has 0 spiro atoms. The van der Waals surface area contributed by atoms with Crippen molar-refractivity contribution in [3.05, 3.63) is 23.4 Å². The number of pyridine rings is 1. The van der Waals surface area contributed by atoms with E-state index in [0.717, 1.165) is 0 Å². The van der Waals surface area contributed by atoms with Crippen molar-refractivity contribution in [2.24, 2.45) is 0 Å². The van der Waals surface area contributed by atoms with E-state index in [1.807, 2.05) is 0 Å². The predicted molar refractivity (Wildman–Crippen MR) is 54.4 cm³/mol. The summed E-state index contributed by atoms with van der Waals surface area (Å²) in [6.45, 7) is 1.60. The molecular weight excluding hydrogens is 232 g/mol. The number of aryl methyl sites for hydroxylation is 1. The van der Waals surface area contributed by atoms with Gasteiger partial charge in [-0.3, -0.25) is 4.79 Å². The number of hydrogen-bond donors (Lipinski definition) is 1. The number of rotatable bonds is 3. The van der Waals surface area contributed by atoms with E-state index < -0.39 is 23.7 Å². The molecule has 1 aliphatic rings. The van der Waals surface area contributed by atoms with E-state index in [9.17, 15) is 13.6 Å². The first-order valence-corrected chi connectivity index (χ1v) is 4.98. The van der Waals surface area contributed by atoms with Gasteiger partial charge in [0, 0.05) is 18.2 Å². The van der Waals surface area contributed by atoms with E-state index in [2.05, 4.69) is 4.98 Å². The number of nitrogens with zero attached hydrogens (tertiary/aromatic N) is 1. The van der Waals surface area contributed by atoms with Crippen LogP contribution in [0.1, 0.15) is 17.7 Å². The Morgan fingerprint density at radius 2 is 2.12 bits per heavy atom. The van der Waals surface area contributed by atoms with Gasteiger partial charge in [0.15, 0.2) is 5.41 Å². The molecule has 0 bridgehead atoms. The molecule has 1 aromatic heterocycles. The van der Waals surface area contributed by atoms with Crippen molar-refractivity contribution in [1.82, 2.24) is 4.98 Å². The summed E-state index contributed by atoms with van der Waals surface area (Å²) >= 11 is 0. The highest BCUT2D eigenvalue weighted by Crippen LogP contribution is 2.62. The third kappa shape index (κ3) is 1.55. The first-order chi connectivity index (χ1) is 7.83. The molecule has 1 fully saturated rings. The van der Waals surface area contributed by atoms with Gasteiger partial charge >= 0.3 is 5.97 Å². The molecule has 1 unspecified atom stereocenters. The molecular formula is C11H11F2NO3. The first kappa shape index (κ1) is 11.8. The zero-order valence-corrected chi connectivity index (χ0v) is 9.33. The summed E-state index contributed by atoms with van der Waals surface area (Å²) in [6.07, 6.45) is -0.679. The molecule has 1 heterocycles. The van der Waals surface area contributed by atoms with Crippen molar-refractivity contribution < 1.29 is 23.4 Å². The van der Waals surface area contributed by atoms with Crippen LogP contribution in [0, 0.1) is 6.92 Å². The lowest BCUT2D eigenvalue weighted by Crippen LogP contribution is -2.27. The Kier molecular flexibility index (Phi) is 2.34.